The summed E-state index contributed by atoms with van der Waals surface area (Å²) in [6, 6.07) is 14.2. The molecule has 0 aliphatic heterocycles. The zero-order valence-electron chi connectivity index (χ0n) is 16.4. The highest BCUT2D eigenvalue weighted by Crippen LogP contribution is 2.32. The Morgan fingerprint density at radius 2 is 2.00 bits per heavy atom. The molecule has 2 heterocycles. The third-order valence-corrected chi connectivity index (χ3v) is 5.41. The Kier molecular flexibility index (Phi) is 4.18. The fraction of sp³-hybridized carbons (Fsp3) is 0.227. The van der Waals surface area contributed by atoms with E-state index in [0.717, 1.165) is 35.0 Å². The molecule has 4 aromatic rings. The van der Waals surface area contributed by atoms with E-state index in [1.807, 2.05) is 34.9 Å². The summed E-state index contributed by atoms with van der Waals surface area (Å²) in [5.41, 5.74) is 8.58. The number of carbonyl (C=O) groups is 1. The molecule has 0 bridgehead atoms. The standard InChI is InChI=1S/C22H20FN5O2/c1-13-26-20(27-30-13)19-11-15-10-16(23)4-7-18(15)28(19)17-5-2-14(3-6-17)12-25-21(29)22(24)8-9-22/h2-7,10-11H,8-9,12,24H2,1H3,(H,25,29). The third kappa shape index (κ3) is 3.25. The van der Waals surface area contributed by atoms with Crippen molar-refractivity contribution >= 4 is 16.8 Å². The van der Waals surface area contributed by atoms with Crippen molar-refractivity contribution in [3.05, 3.63) is 65.8 Å². The van der Waals surface area contributed by atoms with Crippen LogP contribution >= 0.6 is 0 Å². The molecule has 1 aliphatic carbocycles. The highest BCUT2D eigenvalue weighted by molar-refractivity contribution is 5.89. The Hall–Kier alpha value is -3.52. The first-order chi connectivity index (χ1) is 14.4. The zero-order valence-corrected chi connectivity index (χ0v) is 16.4. The minimum Gasteiger partial charge on any atom is -0.350 e. The number of hydrogen-bond donors (Lipinski definition) is 2. The number of nitrogens with zero attached hydrogens (tertiary/aromatic N) is 3. The van der Waals surface area contributed by atoms with Gasteiger partial charge in [-0.1, -0.05) is 17.3 Å². The molecule has 1 fully saturated rings. The summed E-state index contributed by atoms with van der Waals surface area (Å²) in [5, 5.41) is 7.65. The average molecular weight is 405 g/mol. The quantitative estimate of drug-likeness (QED) is 0.531. The summed E-state index contributed by atoms with van der Waals surface area (Å²) < 4.78 is 20.9. The molecule has 152 valence electrons. The Morgan fingerprint density at radius 1 is 1.23 bits per heavy atom. The van der Waals surface area contributed by atoms with Gasteiger partial charge in [0.1, 0.15) is 5.82 Å². The van der Waals surface area contributed by atoms with Crippen LogP contribution in [0.2, 0.25) is 0 Å². The first-order valence-corrected chi connectivity index (χ1v) is 9.71. The number of aryl methyl sites for hydroxylation is 1. The molecule has 1 saturated carbocycles. The van der Waals surface area contributed by atoms with Gasteiger partial charge in [0.25, 0.3) is 0 Å². The first kappa shape index (κ1) is 18.5. The number of benzene rings is 2. The van der Waals surface area contributed by atoms with Crippen molar-refractivity contribution in [2.45, 2.75) is 31.8 Å². The van der Waals surface area contributed by atoms with Crippen LogP contribution in [0.3, 0.4) is 0 Å². The normalized spacial score (nSPS) is 14.8. The highest BCUT2D eigenvalue weighted by atomic mass is 19.1. The molecule has 2 aromatic heterocycles. The Labute approximate surface area is 171 Å². The number of hydrogen-bond acceptors (Lipinski definition) is 5. The molecular formula is C22H20FN5O2. The second-order valence-corrected chi connectivity index (χ2v) is 7.71. The van der Waals surface area contributed by atoms with Crippen molar-refractivity contribution in [2.24, 2.45) is 5.73 Å². The minimum absolute atomic E-state index is 0.111. The van der Waals surface area contributed by atoms with Crippen LogP contribution in [0.15, 0.2) is 53.1 Å². The number of rotatable bonds is 5. The maximum atomic E-state index is 13.8. The van der Waals surface area contributed by atoms with Crippen LogP contribution in [-0.2, 0) is 11.3 Å². The second kappa shape index (κ2) is 6.77. The summed E-state index contributed by atoms with van der Waals surface area (Å²) in [6.07, 6.45) is 1.47. The molecule has 0 spiro atoms. The molecule has 0 saturated heterocycles. The van der Waals surface area contributed by atoms with E-state index < -0.39 is 5.54 Å². The molecule has 5 rings (SSSR count). The van der Waals surface area contributed by atoms with Crippen LogP contribution in [0, 0.1) is 12.7 Å². The van der Waals surface area contributed by atoms with Gasteiger partial charge in [-0.2, -0.15) is 4.98 Å². The number of halogens is 1. The van der Waals surface area contributed by atoms with Crippen LogP contribution in [0.4, 0.5) is 4.39 Å². The van der Waals surface area contributed by atoms with E-state index in [-0.39, 0.29) is 11.7 Å². The Bertz CT molecular complexity index is 1250. The van der Waals surface area contributed by atoms with Gasteiger partial charge in [0, 0.05) is 24.5 Å². The smallest absolute Gasteiger partial charge is 0.240 e. The fourth-order valence-corrected chi connectivity index (χ4v) is 3.52. The lowest BCUT2D eigenvalue weighted by Gasteiger charge is -2.12. The third-order valence-electron chi connectivity index (χ3n) is 5.41. The van der Waals surface area contributed by atoms with Gasteiger partial charge in [0.05, 0.1) is 16.7 Å². The number of nitrogens with two attached hydrogens (primary N) is 1. The highest BCUT2D eigenvalue weighted by Gasteiger charge is 2.45. The fourth-order valence-electron chi connectivity index (χ4n) is 3.52. The molecule has 2 aromatic carbocycles. The molecule has 1 aliphatic rings. The largest absolute Gasteiger partial charge is 0.350 e. The van der Waals surface area contributed by atoms with Crippen molar-refractivity contribution in [3.63, 3.8) is 0 Å². The number of amides is 1. The number of aromatic nitrogens is 3. The SMILES string of the molecule is Cc1nc(-c2cc3cc(F)ccc3n2-c2ccc(CNC(=O)C3(N)CC3)cc2)no1. The van der Waals surface area contributed by atoms with Crippen molar-refractivity contribution in [2.75, 3.05) is 0 Å². The number of carbonyl (C=O) groups excluding carboxylic acids is 1. The monoisotopic (exact) mass is 405 g/mol. The van der Waals surface area contributed by atoms with E-state index in [9.17, 15) is 9.18 Å². The molecule has 0 radical (unpaired) electrons. The summed E-state index contributed by atoms with van der Waals surface area (Å²) in [6.45, 7) is 2.13. The van der Waals surface area contributed by atoms with Crippen LogP contribution in [0.25, 0.3) is 28.1 Å². The lowest BCUT2D eigenvalue weighted by atomic mass is 10.2. The predicted molar refractivity (Wildman–Crippen MR) is 109 cm³/mol. The Morgan fingerprint density at radius 3 is 2.67 bits per heavy atom. The molecule has 0 unspecified atom stereocenters. The molecule has 8 heteroatoms. The van der Waals surface area contributed by atoms with E-state index in [1.54, 1.807) is 13.0 Å². The van der Waals surface area contributed by atoms with Crippen molar-refractivity contribution in [1.29, 1.82) is 0 Å². The van der Waals surface area contributed by atoms with Gasteiger partial charge in [0.15, 0.2) is 0 Å². The minimum atomic E-state index is -0.684. The van der Waals surface area contributed by atoms with Gasteiger partial charge in [0.2, 0.25) is 17.6 Å². The molecular weight excluding hydrogens is 385 g/mol. The van der Waals surface area contributed by atoms with E-state index in [1.165, 1.54) is 12.1 Å². The van der Waals surface area contributed by atoms with Crippen LogP contribution < -0.4 is 11.1 Å². The van der Waals surface area contributed by atoms with Gasteiger partial charge in [-0.3, -0.25) is 4.79 Å². The van der Waals surface area contributed by atoms with Gasteiger partial charge in [-0.15, -0.1) is 0 Å². The average Bonchev–Trinajstić information content (AvgIpc) is 3.18. The summed E-state index contributed by atoms with van der Waals surface area (Å²) >= 11 is 0. The maximum absolute atomic E-state index is 13.8. The van der Waals surface area contributed by atoms with E-state index in [4.69, 9.17) is 10.3 Å². The summed E-state index contributed by atoms with van der Waals surface area (Å²) in [4.78, 5) is 16.4. The maximum Gasteiger partial charge on any atom is 0.240 e. The molecule has 30 heavy (non-hydrogen) atoms. The summed E-state index contributed by atoms with van der Waals surface area (Å²) in [7, 11) is 0. The second-order valence-electron chi connectivity index (χ2n) is 7.71. The molecule has 7 nitrogen and oxygen atoms in total. The lowest BCUT2D eigenvalue weighted by Crippen LogP contribution is -2.42. The van der Waals surface area contributed by atoms with E-state index >= 15 is 0 Å². The number of fused-ring (bicyclic) bond motifs is 1. The van der Waals surface area contributed by atoms with Crippen molar-refractivity contribution in [3.8, 4) is 17.2 Å². The Balaban J connectivity index is 1.49. The molecule has 0 atom stereocenters. The number of nitrogens with one attached hydrogen (secondary N) is 1. The first-order valence-electron chi connectivity index (χ1n) is 9.71. The van der Waals surface area contributed by atoms with Gasteiger partial charge < -0.3 is 20.1 Å². The summed E-state index contributed by atoms with van der Waals surface area (Å²) in [5.74, 6) is 0.459. The van der Waals surface area contributed by atoms with Gasteiger partial charge in [-0.05, 0) is 54.8 Å². The van der Waals surface area contributed by atoms with Crippen molar-refractivity contribution in [1.82, 2.24) is 20.0 Å². The lowest BCUT2D eigenvalue weighted by molar-refractivity contribution is -0.123. The molecule has 1 amide bonds. The van der Waals surface area contributed by atoms with Crippen LogP contribution in [0.5, 0.6) is 0 Å². The van der Waals surface area contributed by atoms with Crippen LogP contribution in [-0.4, -0.2) is 26.2 Å². The van der Waals surface area contributed by atoms with E-state index in [2.05, 4.69) is 15.5 Å². The van der Waals surface area contributed by atoms with Gasteiger partial charge >= 0.3 is 0 Å². The van der Waals surface area contributed by atoms with Crippen LogP contribution in [0.1, 0.15) is 24.3 Å². The van der Waals surface area contributed by atoms with Gasteiger partial charge in [-0.25, -0.2) is 4.39 Å². The van der Waals surface area contributed by atoms with E-state index in [0.29, 0.717) is 24.0 Å². The molecule has 3 N–H and O–H groups in total. The van der Waals surface area contributed by atoms with Crippen molar-refractivity contribution < 1.29 is 13.7 Å². The topological polar surface area (TPSA) is 99.0 Å². The zero-order chi connectivity index (χ0) is 20.9. The predicted octanol–water partition coefficient (Wildman–Crippen LogP) is 3.24.